The van der Waals surface area contributed by atoms with Crippen molar-refractivity contribution < 1.29 is 9.53 Å². The van der Waals surface area contributed by atoms with Crippen molar-refractivity contribution in [3.05, 3.63) is 0 Å². The van der Waals surface area contributed by atoms with Gasteiger partial charge in [-0.2, -0.15) is 0 Å². The summed E-state index contributed by atoms with van der Waals surface area (Å²) in [4.78, 5) is 9.92. The Bertz CT molecular complexity index is 124. The summed E-state index contributed by atoms with van der Waals surface area (Å²) >= 11 is 0. The first-order valence-corrected chi connectivity index (χ1v) is 4.28. The van der Waals surface area contributed by atoms with Crippen LogP contribution >= 0.6 is 0 Å². The van der Waals surface area contributed by atoms with Crippen molar-refractivity contribution in [2.45, 2.75) is 26.7 Å². The number of rotatable bonds is 7. The van der Waals surface area contributed by atoms with Crippen LogP contribution in [0.3, 0.4) is 0 Å². The van der Waals surface area contributed by atoms with Crippen LogP contribution in [0.5, 0.6) is 0 Å². The molecule has 0 unspecified atom stereocenters. The van der Waals surface area contributed by atoms with E-state index in [2.05, 4.69) is 19.2 Å². The molecule has 0 rings (SSSR count). The van der Waals surface area contributed by atoms with E-state index in [0.717, 1.165) is 32.4 Å². The van der Waals surface area contributed by atoms with Gasteiger partial charge in [-0.15, -0.1) is 0 Å². The van der Waals surface area contributed by atoms with Crippen LogP contribution < -0.4 is 5.32 Å². The summed E-state index contributed by atoms with van der Waals surface area (Å²) in [6.07, 6.45) is 2.82. The van der Waals surface area contributed by atoms with E-state index >= 15 is 0 Å². The Labute approximate surface area is 74.5 Å². The summed E-state index contributed by atoms with van der Waals surface area (Å²) in [5.41, 5.74) is 0.222. The lowest BCUT2D eigenvalue weighted by molar-refractivity contribution is -0.109. The van der Waals surface area contributed by atoms with Crippen molar-refractivity contribution in [2.24, 2.45) is 5.41 Å². The Hall–Kier alpha value is -0.570. The van der Waals surface area contributed by atoms with E-state index in [4.69, 9.17) is 4.74 Å². The second-order valence-corrected chi connectivity index (χ2v) is 3.77. The molecule has 0 aliphatic carbocycles. The summed E-state index contributed by atoms with van der Waals surface area (Å²) in [6, 6.07) is 0. The SMILES string of the molecule is COCC(C)(C)CCCNC=O. The van der Waals surface area contributed by atoms with E-state index in [1.807, 2.05) is 0 Å². The minimum atomic E-state index is 0.222. The number of carbonyl (C=O) groups is 1. The topological polar surface area (TPSA) is 38.3 Å². The molecule has 3 heteroatoms. The highest BCUT2D eigenvalue weighted by Crippen LogP contribution is 2.21. The van der Waals surface area contributed by atoms with Crippen molar-refractivity contribution in [1.29, 1.82) is 0 Å². The van der Waals surface area contributed by atoms with E-state index in [0.29, 0.717) is 0 Å². The Balaban J connectivity index is 3.39. The molecule has 72 valence electrons. The second-order valence-electron chi connectivity index (χ2n) is 3.77. The second kappa shape index (κ2) is 6.00. The van der Waals surface area contributed by atoms with E-state index in [-0.39, 0.29) is 5.41 Å². The Morgan fingerprint density at radius 2 is 2.17 bits per heavy atom. The fourth-order valence-electron chi connectivity index (χ4n) is 1.19. The minimum absolute atomic E-state index is 0.222. The average molecular weight is 173 g/mol. The van der Waals surface area contributed by atoms with E-state index < -0.39 is 0 Å². The first-order valence-electron chi connectivity index (χ1n) is 4.28. The van der Waals surface area contributed by atoms with E-state index in [9.17, 15) is 4.79 Å². The summed E-state index contributed by atoms with van der Waals surface area (Å²) < 4.78 is 5.07. The van der Waals surface area contributed by atoms with Crippen molar-refractivity contribution in [1.82, 2.24) is 5.32 Å². The van der Waals surface area contributed by atoms with Gasteiger partial charge in [0.15, 0.2) is 0 Å². The van der Waals surface area contributed by atoms with E-state index in [1.54, 1.807) is 7.11 Å². The van der Waals surface area contributed by atoms with Crippen molar-refractivity contribution in [3.8, 4) is 0 Å². The molecule has 0 aromatic rings. The molecule has 0 aromatic heterocycles. The summed E-state index contributed by atoms with van der Waals surface area (Å²) in [6.45, 7) is 5.86. The maximum Gasteiger partial charge on any atom is 0.207 e. The molecule has 0 aromatic carbocycles. The van der Waals surface area contributed by atoms with Crippen LogP contribution in [-0.2, 0) is 9.53 Å². The molecular weight excluding hydrogens is 154 g/mol. The first kappa shape index (κ1) is 11.4. The maximum atomic E-state index is 9.92. The molecule has 0 fully saturated rings. The van der Waals surface area contributed by atoms with Gasteiger partial charge >= 0.3 is 0 Å². The highest BCUT2D eigenvalue weighted by molar-refractivity contribution is 5.45. The van der Waals surface area contributed by atoms with Gasteiger partial charge in [0, 0.05) is 13.7 Å². The largest absolute Gasteiger partial charge is 0.384 e. The molecule has 0 saturated heterocycles. The zero-order valence-corrected chi connectivity index (χ0v) is 8.22. The van der Waals surface area contributed by atoms with Gasteiger partial charge in [-0.05, 0) is 18.3 Å². The quantitative estimate of drug-likeness (QED) is 0.464. The summed E-state index contributed by atoms with van der Waals surface area (Å²) in [7, 11) is 1.71. The number of methoxy groups -OCH3 is 1. The molecule has 12 heavy (non-hydrogen) atoms. The van der Waals surface area contributed by atoms with Gasteiger partial charge in [0.2, 0.25) is 6.41 Å². The molecule has 0 aliphatic rings. The van der Waals surface area contributed by atoms with Crippen molar-refractivity contribution in [3.63, 3.8) is 0 Å². The first-order chi connectivity index (χ1) is 5.62. The third kappa shape index (κ3) is 6.16. The number of nitrogens with one attached hydrogen (secondary N) is 1. The third-order valence-electron chi connectivity index (χ3n) is 1.79. The van der Waals surface area contributed by atoms with Gasteiger partial charge in [0.05, 0.1) is 6.61 Å². The van der Waals surface area contributed by atoms with Crippen LogP contribution in [0.4, 0.5) is 0 Å². The Morgan fingerprint density at radius 3 is 2.67 bits per heavy atom. The average Bonchev–Trinajstić information content (AvgIpc) is 1.98. The summed E-state index contributed by atoms with van der Waals surface area (Å²) in [5.74, 6) is 0. The zero-order chi connectivity index (χ0) is 9.45. The zero-order valence-electron chi connectivity index (χ0n) is 8.22. The number of ether oxygens (including phenoxy) is 1. The van der Waals surface area contributed by atoms with Gasteiger partial charge in [0.25, 0.3) is 0 Å². The number of hydrogen-bond donors (Lipinski definition) is 1. The molecule has 3 nitrogen and oxygen atoms in total. The maximum absolute atomic E-state index is 9.92. The van der Waals surface area contributed by atoms with Gasteiger partial charge in [-0.3, -0.25) is 4.79 Å². The number of amides is 1. The minimum Gasteiger partial charge on any atom is -0.384 e. The molecule has 0 heterocycles. The monoisotopic (exact) mass is 173 g/mol. The van der Waals surface area contributed by atoms with Crippen LogP contribution in [0, 0.1) is 5.41 Å². The predicted molar refractivity (Wildman–Crippen MR) is 49.0 cm³/mol. The normalized spacial score (nSPS) is 11.2. The van der Waals surface area contributed by atoms with Gasteiger partial charge < -0.3 is 10.1 Å². The molecule has 1 N–H and O–H groups in total. The fraction of sp³-hybridized carbons (Fsp3) is 0.889. The summed E-state index contributed by atoms with van der Waals surface area (Å²) in [5, 5.41) is 2.64. The number of carbonyl (C=O) groups excluding carboxylic acids is 1. The van der Waals surface area contributed by atoms with Crippen LogP contribution in [0.15, 0.2) is 0 Å². The van der Waals surface area contributed by atoms with Crippen molar-refractivity contribution >= 4 is 6.41 Å². The molecule has 0 atom stereocenters. The Kier molecular flexibility index (Phi) is 5.72. The lowest BCUT2D eigenvalue weighted by Crippen LogP contribution is -2.21. The van der Waals surface area contributed by atoms with Gasteiger partial charge in [0.1, 0.15) is 0 Å². The smallest absolute Gasteiger partial charge is 0.207 e. The Morgan fingerprint density at radius 1 is 1.50 bits per heavy atom. The number of hydrogen-bond acceptors (Lipinski definition) is 2. The third-order valence-corrected chi connectivity index (χ3v) is 1.79. The van der Waals surface area contributed by atoms with Crippen molar-refractivity contribution in [2.75, 3.05) is 20.3 Å². The molecule has 0 aliphatic heterocycles. The molecule has 0 radical (unpaired) electrons. The molecular formula is C9H19NO2. The molecule has 1 amide bonds. The lowest BCUT2D eigenvalue weighted by Gasteiger charge is -2.23. The van der Waals surface area contributed by atoms with Crippen LogP contribution in [0.25, 0.3) is 0 Å². The lowest BCUT2D eigenvalue weighted by atomic mass is 9.89. The van der Waals surface area contributed by atoms with Crippen LogP contribution in [-0.4, -0.2) is 26.7 Å². The molecule has 0 saturated carbocycles. The van der Waals surface area contributed by atoms with Crippen LogP contribution in [0.1, 0.15) is 26.7 Å². The molecule has 0 spiro atoms. The van der Waals surface area contributed by atoms with Gasteiger partial charge in [-0.1, -0.05) is 13.8 Å². The van der Waals surface area contributed by atoms with E-state index in [1.165, 1.54) is 0 Å². The van der Waals surface area contributed by atoms with Gasteiger partial charge in [-0.25, -0.2) is 0 Å². The predicted octanol–water partition coefficient (Wildman–Crippen LogP) is 1.19. The highest BCUT2D eigenvalue weighted by Gasteiger charge is 2.16. The van der Waals surface area contributed by atoms with Crippen LogP contribution in [0.2, 0.25) is 0 Å². The molecule has 0 bridgehead atoms. The standard InChI is InChI=1S/C9H19NO2/c1-9(2,7-12-3)5-4-6-10-8-11/h8H,4-7H2,1-3H3,(H,10,11). The highest BCUT2D eigenvalue weighted by atomic mass is 16.5. The fourth-order valence-corrected chi connectivity index (χ4v) is 1.19.